The van der Waals surface area contributed by atoms with E-state index < -0.39 is 0 Å². The predicted molar refractivity (Wildman–Crippen MR) is 93.6 cm³/mol. The first-order valence-electron chi connectivity index (χ1n) is 7.46. The number of benzene rings is 1. The lowest BCUT2D eigenvalue weighted by Gasteiger charge is -2.31. The van der Waals surface area contributed by atoms with Crippen LogP contribution in [0.4, 0.5) is 5.69 Å². The summed E-state index contributed by atoms with van der Waals surface area (Å²) >= 11 is 7.80. The molecule has 1 saturated heterocycles. The predicted octanol–water partition coefficient (Wildman–Crippen LogP) is 3.55. The normalized spacial score (nSPS) is 19.5. The Morgan fingerprint density at radius 1 is 1.26 bits per heavy atom. The second-order valence-corrected chi connectivity index (χ2v) is 6.83. The first kappa shape index (κ1) is 14.8. The number of carbonyl (C=O) groups is 1. The molecule has 1 amide bonds. The van der Waals surface area contributed by atoms with Gasteiger partial charge in [0.2, 0.25) is 0 Å². The van der Waals surface area contributed by atoms with Gasteiger partial charge in [0, 0.05) is 29.4 Å². The lowest BCUT2D eigenvalue weighted by atomic mass is 10.0. The quantitative estimate of drug-likeness (QED) is 0.845. The number of rotatable bonds is 2. The Labute approximate surface area is 143 Å². The first-order chi connectivity index (χ1) is 11.2. The zero-order chi connectivity index (χ0) is 15.8. The summed E-state index contributed by atoms with van der Waals surface area (Å²) in [6, 6.07) is 9.57. The molecule has 1 fully saturated rings. The summed E-state index contributed by atoms with van der Waals surface area (Å²) in [5, 5.41) is 5.61. The standard InChI is InChI=1S/C17H15ClN2O2S/c18-11-3-4-13-12(10-11)15(17(21)19-13)16(14-2-1-9-23-14)20-5-7-22-8-6-20/h1-4,9-10H,5-8H2,(H,19,21). The van der Waals surface area contributed by atoms with Gasteiger partial charge in [0.1, 0.15) is 0 Å². The van der Waals surface area contributed by atoms with Gasteiger partial charge in [0.05, 0.1) is 29.4 Å². The largest absolute Gasteiger partial charge is 0.378 e. The molecule has 2 aromatic rings. The number of thiophene rings is 1. The molecule has 0 radical (unpaired) electrons. The van der Waals surface area contributed by atoms with E-state index in [-0.39, 0.29) is 5.91 Å². The molecule has 0 spiro atoms. The Bertz CT molecular complexity index is 780. The highest BCUT2D eigenvalue weighted by Gasteiger charge is 2.31. The van der Waals surface area contributed by atoms with E-state index in [2.05, 4.69) is 16.3 Å². The minimum absolute atomic E-state index is 0.0721. The van der Waals surface area contributed by atoms with Gasteiger partial charge in [0.15, 0.2) is 0 Å². The molecule has 4 rings (SSSR count). The molecule has 0 unspecified atom stereocenters. The van der Waals surface area contributed by atoms with Crippen LogP contribution < -0.4 is 5.32 Å². The van der Waals surface area contributed by atoms with E-state index in [1.54, 1.807) is 17.4 Å². The SMILES string of the molecule is O=C1Nc2ccc(Cl)cc2C1=C(c1cccs1)N1CCOCC1. The van der Waals surface area contributed by atoms with Crippen LogP contribution in [0.5, 0.6) is 0 Å². The third-order valence-corrected chi connectivity index (χ3v) is 5.16. The highest BCUT2D eigenvalue weighted by molar-refractivity contribution is 7.11. The molecule has 4 nitrogen and oxygen atoms in total. The number of halogens is 1. The smallest absolute Gasteiger partial charge is 0.258 e. The average Bonchev–Trinajstić information content (AvgIpc) is 3.18. The number of nitrogens with zero attached hydrogens (tertiary/aromatic N) is 1. The van der Waals surface area contributed by atoms with Crippen molar-refractivity contribution in [2.45, 2.75) is 0 Å². The fourth-order valence-electron chi connectivity index (χ4n) is 3.01. The van der Waals surface area contributed by atoms with Crippen LogP contribution in [0.3, 0.4) is 0 Å². The van der Waals surface area contributed by atoms with Crippen LogP contribution in [-0.4, -0.2) is 37.1 Å². The molecular weight excluding hydrogens is 332 g/mol. The van der Waals surface area contributed by atoms with Crippen molar-refractivity contribution < 1.29 is 9.53 Å². The van der Waals surface area contributed by atoms with E-state index in [0.717, 1.165) is 34.9 Å². The topological polar surface area (TPSA) is 41.6 Å². The van der Waals surface area contributed by atoms with E-state index in [1.165, 1.54) is 0 Å². The zero-order valence-corrected chi connectivity index (χ0v) is 13.9. The summed E-state index contributed by atoms with van der Waals surface area (Å²) in [5.41, 5.74) is 3.36. The van der Waals surface area contributed by atoms with E-state index in [0.29, 0.717) is 23.8 Å². The number of hydrogen-bond acceptors (Lipinski definition) is 4. The van der Waals surface area contributed by atoms with Gasteiger partial charge in [-0.1, -0.05) is 17.7 Å². The van der Waals surface area contributed by atoms with Crippen LogP contribution in [0.15, 0.2) is 35.7 Å². The maximum absolute atomic E-state index is 12.7. The van der Waals surface area contributed by atoms with E-state index in [9.17, 15) is 4.79 Å². The van der Waals surface area contributed by atoms with Crippen molar-refractivity contribution in [3.8, 4) is 0 Å². The van der Waals surface area contributed by atoms with Gasteiger partial charge in [-0.2, -0.15) is 0 Å². The number of amides is 1. The number of anilines is 1. The third-order valence-electron chi connectivity index (χ3n) is 4.04. The van der Waals surface area contributed by atoms with Crippen molar-refractivity contribution in [3.63, 3.8) is 0 Å². The van der Waals surface area contributed by atoms with Crippen molar-refractivity contribution in [3.05, 3.63) is 51.2 Å². The van der Waals surface area contributed by atoms with Crippen molar-refractivity contribution >= 4 is 45.8 Å². The molecule has 1 aromatic carbocycles. The lowest BCUT2D eigenvalue weighted by molar-refractivity contribution is -0.110. The van der Waals surface area contributed by atoms with Gasteiger partial charge < -0.3 is 15.0 Å². The van der Waals surface area contributed by atoms with Crippen molar-refractivity contribution in [1.82, 2.24) is 4.90 Å². The highest BCUT2D eigenvalue weighted by Crippen LogP contribution is 2.40. The van der Waals surface area contributed by atoms with Gasteiger partial charge >= 0.3 is 0 Å². The van der Waals surface area contributed by atoms with Gasteiger partial charge in [-0.15, -0.1) is 11.3 Å². The summed E-state index contributed by atoms with van der Waals surface area (Å²) in [6.07, 6.45) is 0. The molecule has 118 valence electrons. The maximum Gasteiger partial charge on any atom is 0.258 e. The fourth-order valence-corrected chi connectivity index (χ4v) is 3.99. The summed E-state index contributed by atoms with van der Waals surface area (Å²) < 4.78 is 5.46. The number of ether oxygens (including phenoxy) is 1. The summed E-state index contributed by atoms with van der Waals surface area (Å²) in [4.78, 5) is 16.0. The van der Waals surface area contributed by atoms with Crippen LogP contribution >= 0.6 is 22.9 Å². The van der Waals surface area contributed by atoms with Crippen LogP contribution in [0, 0.1) is 0 Å². The Balaban J connectivity index is 1.92. The molecule has 6 heteroatoms. The molecule has 0 atom stereocenters. The number of carbonyl (C=O) groups excluding carboxylic acids is 1. The van der Waals surface area contributed by atoms with Crippen LogP contribution in [-0.2, 0) is 9.53 Å². The molecule has 1 aromatic heterocycles. The summed E-state index contributed by atoms with van der Waals surface area (Å²) in [6.45, 7) is 2.90. The van der Waals surface area contributed by atoms with E-state index in [1.807, 2.05) is 23.6 Å². The van der Waals surface area contributed by atoms with Gasteiger partial charge in [0.25, 0.3) is 5.91 Å². The third kappa shape index (κ3) is 2.65. The molecule has 0 aliphatic carbocycles. The minimum Gasteiger partial charge on any atom is -0.378 e. The number of hydrogen-bond donors (Lipinski definition) is 1. The second-order valence-electron chi connectivity index (χ2n) is 5.44. The Kier molecular flexibility index (Phi) is 3.85. The first-order valence-corrected chi connectivity index (χ1v) is 8.72. The van der Waals surface area contributed by atoms with Crippen molar-refractivity contribution in [2.24, 2.45) is 0 Å². The monoisotopic (exact) mass is 346 g/mol. The fraction of sp³-hybridized carbons (Fsp3) is 0.235. The summed E-state index contributed by atoms with van der Waals surface area (Å²) in [7, 11) is 0. The number of fused-ring (bicyclic) bond motifs is 1. The van der Waals surface area contributed by atoms with Gasteiger partial charge in [-0.25, -0.2) is 0 Å². The summed E-state index contributed by atoms with van der Waals surface area (Å²) in [5.74, 6) is -0.0721. The Morgan fingerprint density at radius 2 is 2.09 bits per heavy atom. The molecule has 2 aliphatic heterocycles. The molecular formula is C17H15ClN2O2S. The number of morpholine rings is 1. The van der Waals surface area contributed by atoms with Crippen LogP contribution in [0.1, 0.15) is 10.4 Å². The Morgan fingerprint density at radius 3 is 2.83 bits per heavy atom. The molecule has 1 N–H and O–H groups in total. The molecule has 0 saturated carbocycles. The molecule has 0 bridgehead atoms. The van der Waals surface area contributed by atoms with Gasteiger partial charge in [-0.05, 0) is 29.6 Å². The highest BCUT2D eigenvalue weighted by atomic mass is 35.5. The van der Waals surface area contributed by atoms with E-state index in [4.69, 9.17) is 16.3 Å². The second kappa shape index (κ2) is 6.00. The maximum atomic E-state index is 12.7. The van der Waals surface area contributed by atoms with Crippen molar-refractivity contribution in [2.75, 3.05) is 31.6 Å². The van der Waals surface area contributed by atoms with Gasteiger partial charge in [-0.3, -0.25) is 4.79 Å². The number of nitrogens with one attached hydrogen (secondary N) is 1. The molecule has 2 aliphatic rings. The Hall–Kier alpha value is -1.82. The zero-order valence-electron chi connectivity index (χ0n) is 12.3. The molecule has 23 heavy (non-hydrogen) atoms. The van der Waals surface area contributed by atoms with Crippen LogP contribution in [0.25, 0.3) is 11.3 Å². The molecule has 3 heterocycles. The lowest BCUT2D eigenvalue weighted by Crippen LogP contribution is -2.35. The minimum atomic E-state index is -0.0721. The van der Waals surface area contributed by atoms with E-state index >= 15 is 0 Å². The van der Waals surface area contributed by atoms with Crippen molar-refractivity contribution in [1.29, 1.82) is 0 Å². The van der Waals surface area contributed by atoms with Crippen LogP contribution in [0.2, 0.25) is 5.02 Å². The average molecular weight is 347 g/mol.